The summed E-state index contributed by atoms with van der Waals surface area (Å²) in [4.78, 5) is 15.2. The Morgan fingerprint density at radius 1 is 1.10 bits per heavy atom. The molecule has 0 atom stereocenters. The van der Waals surface area contributed by atoms with Crippen LogP contribution in [0.15, 0.2) is 53.8 Å². The second-order valence-corrected chi connectivity index (χ2v) is 7.36. The fraction of sp³-hybridized carbons (Fsp3) is 0.133. The predicted octanol–water partition coefficient (Wildman–Crippen LogP) is 1.71. The van der Waals surface area contributed by atoms with Crippen molar-refractivity contribution in [2.45, 2.75) is 17.2 Å². The van der Waals surface area contributed by atoms with Gasteiger partial charge in [0.15, 0.2) is 0 Å². The first-order valence-electron chi connectivity index (χ1n) is 7.89. The number of nitrogens with zero attached hydrogens (tertiary/aromatic N) is 5. The standard InChI is InChI=1S/C15H9F5N6O4S/c16-14(17,18)15(19,20)30-10-4-5-12(21-7-10)13(27)23-31(28,29)11-3-1-2-9(6-11)26-8-22-24-25-26/h1-8H,(H,23,27). The van der Waals surface area contributed by atoms with Crippen LogP contribution in [-0.2, 0) is 10.0 Å². The number of amides is 1. The third kappa shape index (κ3) is 4.90. The van der Waals surface area contributed by atoms with E-state index in [9.17, 15) is 35.2 Å². The van der Waals surface area contributed by atoms with Crippen molar-refractivity contribution < 1.29 is 39.9 Å². The summed E-state index contributed by atoms with van der Waals surface area (Å²) in [5.74, 6) is -2.25. The fourth-order valence-corrected chi connectivity index (χ4v) is 3.09. The number of tetrazole rings is 1. The molecule has 0 bridgehead atoms. The van der Waals surface area contributed by atoms with Crippen LogP contribution in [0, 0.1) is 0 Å². The van der Waals surface area contributed by atoms with Gasteiger partial charge < -0.3 is 4.74 Å². The molecule has 3 rings (SSSR count). The molecule has 0 spiro atoms. The summed E-state index contributed by atoms with van der Waals surface area (Å²) in [5.41, 5.74) is -0.312. The van der Waals surface area contributed by atoms with Crippen LogP contribution in [0.25, 0.3) is 5.69 Å². The third-order valence-electron chi connectivity index (χ3n) is 3.51. The molecule has 164 valence electrons. The minimum Gasteiger partial charge on any atom is -0.424 e. The summed E-state index contributed by atoms with van der Waals surface area (Å²) < 4.78 is 93.5. The van der Waals surface area contributed by atoms with Gasteiger partial charge in [-0.3, -0.25) is 4.79 Å². The van der Waals surface area contributed by atoms with Gasteiger partial charge >= 0.3 is 12.3 Å². The van der Waals surface area contributed by atoms with Crippen molar-refractivity contribution in [2.24, 2.45) is 0 Å². The maximum Gasteiger partial charge on any atom is 0.499 e. The Morgan fingerprint density at radius 3 is 2.42 bits per heavy atom. The molecule has 1 aromatic carbocycles. The molecular formula is C15H9F5N6O4S. The molecule has 0 saturated carbocycles. The van der Waals surface area contributed by atoms with Crippen LogP contribution in [0.5, 0.6) is 5.75 Å². The third-order valence-corrected chi connectivity index (χ3v) is 4.84. The van der Waals surface area contributed by atoms with E-state index >= 15 is 0 Å². The first-order valence-corrected chi connectivity index (χ1v) is 9.37. The molecule has 0 aliphatic rings. The van der Waals surface area contributed by atoms with E-state index in [1.165, 1.54) is 24.5 Å². The van der Waals surface area contributed by atoms with Crippen LogP contribution in [0.1, 0.15) is 10.5 Å². The van der Waals surface area contributed by atoms with Crippen molar-refractivity contribution >= 4 is 15.9 Å². The lowest BCUT2D eigenvalue weighted by Crippen LogP contribution is -2.41. The molecule has 0 aliphatic carbocycles. The summed E-state index contributed by atoms with van der Waals surface area (Å²) in [6.45, 7) is 0. The molecule has 16 heteroatoms. The molecule has 0 radical (unpaired) electrons. The number of pyridine rings is 1. The molecule has 10 nitrogen and oxygen atoms in total. The van der Waals surface area contributed by atoms with Crippen LogP contribution in [0.4, 0.5) is 22.0 Å². The molecule has 2 heterocycles. The van der Waals surface area contributed by atoms with Gasteiger partial charge in [0.05, 0.1) is 16.8 Å². The number of benzene rings is 1. The SMILES string of the molecule is O=C(NS(=O)(=O)c1cccc(-n2cnnn2)c1)c1ccc(OC(F)(F)C(F)(F)F)cn1. The molecule has 0 saturated heterocycles. The van der Waals surface area contributed by atoms with E-state index in [0.717, 1.165) is 10.7 Å². The Balaban J connectivity index is 1.75. The Morgan fingerprint density at radius 2 is 1.84 bits per heavy atom. The number of carbonyl (C=O) groups is 1. The largest absolute Gasteiger partial charge is 0.499 e. The molecule has 0 aliphatic heterocycles. The van der Waals surface area contributed by atoms with Gasteiger partial charge in [0, 0.05) is 0 Å². The van der Waals surface area contributed by atoms with E-state index in [-0.39, 0.29) is 10.6 Å². The average molecular weight is 464 g/mol. The summed E-state index contributed by atoms with van der Waals surface area (Å²) in [7, 11) is -4.40. The summed E-state index contributed by atoms with van der Waals surface area (Å²) in [6.07, 6.45) is -9.82. The monoisotopic (exact) mass is 464 g/mol. The van der Waals surface area contributed by atoms with Gasteiger partial charge in [-0.25, -0.2) is 22.8 Å². The van der Waals surface area contributed by atoms with E-state index < -0.39 is 39.7 Å². The van der Waals surface area contributed by atoms with Crippen LogP contribution in [0.2, 0.25) is 0 Å². The van der Waals surface area contributed by atoms with Crippen molar-refractivity contribution in [3.63, 3.8) is 0 Å². The highest BCUT2D eigenvalue weighted by molar-refractivity contribution is 7.90. The number of alkyl halides is 5. The zero-order valence-corrected chi connectivity index (χ0v) is 15.6. The number of rotatable bonds is 6. The zero-order valence-electron chi connectivity index (χ0n) is 14.8. The highest BCUT2D eigenvalue weighted by Crippen LogP contribution is 2.37. The molecule has 31 heavy (non-hydrogen) atoms. The Bertz CT molecular complexity index is 1180. The molecular weight excluding hydrogens is 455 g/mol. The number of carbonyl (C=O) groups excluding carboxylic acids is 1. The van der Waals surface area contributed by atoms with Crippen molar-refractivity contribution in [1.82, 2.24) is 29.9 Å². The topological polar surface area (TPSA) is 129 Å². The normalized spacial score (nSPS) is 12.4. The van der Waals surface area contributed by atoms with Gasteiger partial charge in [-0.05, 0) is 40.8 Å². The van der Waals surface area contributed by atoms with Crippen molar-refractivity contribution in [2.75, 3.05) is 0 Å². The average Bonchev–Trinajstić information content (AvgIpc) is 3.22. The number of hydrogen-bond acceptors (Lipinski definition) is 8. The maximum absolute atomic E-state index is 12.9. The van der Waals surface area contributed by atoms with Gasteiger partial charge in [0.2, 0.25) is 0 Å². The second-order valence-electron chi connectivity index (χ2n) is 5.68. The summed E-state index contributed by atoms with van der Waals surface area (Å²) >= 11 is 0. The van der Waals surface area contributed by atoms with Gasteiger partial charge in [-0.2, -0.15) is 22.0 Å². The quantitative estimate of drug-likeness (QED) is 0.546. The van der Waals surface area contributed by atoms with E-state index in [0.29, 0.717) is 18.3 Å². The number of nitrogens with one attached hydrogen (secondary N) is 1. The van der Waals surface area contributed by atoms with Crippen molar-refractivity contribution in [3.05, 3.63) is 54.6 Å². The Hall–Kier alpha value is -3.69. The number of halogens is 5. The van der Waals surface area contributed by atoms with E-state index in [2.05, 4.69) is 25.2 Å². The molecule has 2 aromatic heterocycles. The molecule has 1 N–H and O–H groups in total. The van der Waals surface area contributed by atoms with E-state index in [1.54, 1.807) is 4.72 Å². The minimum atomic E-state index is -5.96. The van der Waals surface area contributed by atoms with Gasteiger partial charge in [-0.15, -0.1) is 5.10 Å². The number of aromatic nitrogens is 5. The maximum atomic E-state index is 12.9. The molecule has 3 aromatic rings. The minimum absolute atomic E-state index is 0.269. The van der Waals surface area contributed by atoms with Crippen LogP contribution in [0.3, 0.4) is 0 Å². The van der Waals surface area contributed by atoms with E-state index in [1.807, 2.05) is 0 Å². The second kappa shape index (κ2) is 7.86. The Labute approximate surface area is 169 Å². The smallest absolute Gasteiger partial charge is 0.424 e. The first-order chi connectivity index (χ1) is 14.4. The summed E-state index contributed by atoms with van der Waals surface area (Å²) in [6, 6.07) is 6.51. The van der Waals surface area contributed by atoms with Gasteiger partial charge in [-0.1, -0.05) is 6.07 Å². The Kier molecular flexibility index (Phi) is 5.58. The van der Waals surface area contributed by atoms with Crippen molar-refractivity contribution in [3.8, 4) is 11.4 Å². The molecule has 0 unspecified atom stereocenters. The zero-order chi connectivity index (χ0) is 22.9. The molecule has 0 fully saturated rings. The number of ether oxygens (including phenoxy) is 1. The predicted molar refractivity (Wildman–Crippen MR) is 89.7 cm³/mol. The van der Waals surface area contributed by atoms with Crippen LogP contribution < -0.4 is 9.46 Å². The van der Waals surface area contributed by atoms with Gasteiger partial charge in [0.1, 0.15) is 17.8 Å². The van der Waals surface area contributed by atoms with Crippen LogP contribution in [-0.4, -0.2) is 51.8 Å². The van der Waals surface area contributed by atoms with Crippen LogP contribution >= 0.6 is 0 Å². The van der Waals surface area contributed by atoms with Gasteiger partial charge in [0.25, 0.3) is 15.9 Å². The number of hydrogen-bond donors (Lipinski definition) is 1. The lowest BCUT2D eigenvalue weighted by molar-refractivity contribution is -0.360. The highest BCUT2D eigenvalue weighted by Gasteiger charge is 2.61. The number of sulfonamides is 1. The summed E-state index contributed by atoms with van der Waals surface area (Å²) in [5, 5.41) is 10.4. The first kappa shape index (κ1) is 22.0. The lowest BCUT2D eigenvalue weighted by atomic mass is 10.3. The highest BCUT2D eigenvalue weighted by atomic mass is 32.2. The van der Waals surface area contributed by atoms with E-state index in [4.69, 9.17) is 0 Å². The molecule has 1 amide bonds. The van der Waals surface area contributed by atoms with Crippen molar-refractivity contribution in [1.29, 1.82) is 0 Å². The fourth-order valence-electron chi connectivity index (χ4n) is 2.09. The lowest BCUT2D eigenvalue weighted by Gasteiger charge is -2.19.